The Morgan fingerprint density at radius 1 is 1.27 bits per heavy atom. The molecule has 0 bridgehead atoms. The molecule has 1 amide bonds. The third-order valence-corrected chi connectivity index (χ3v) is 5.97. The smallest absolute Gasteiger partial charge is 0.333 e. The molecule has 0 spiro atoms. The third kappa shape index (κ3) is 4.17. The van der Waals surface area contributed by atoms with Crippen molar-refractivity contribution < 1.29 is 4.79 Å². The van der Waals surface area contributed by atoms with Gasteiger partial charge in [-0.2, -0.15) is 0 Å². The van der Waals surface area contributed by atoms with E-state index in [1.54, 1.807) is 24.3 Å². The van der Waals surface area contributed by atoms with Gasteiger partial charge in [-0.25, -0.2) is 9.78 Å². The van der Waals surface area contributed by atoms with E-state index in [9.17, 15) is 14.4 Å². The zero-order valence-electron chi connectivity index (χ0n) is 16.7. The van der Waals surface area contributed by atoms with Gasteiger partial charge < -0.3 is 10.2 Å². The van der Waals surface area contributed by atoms with Crippen LogP contribution in [0.15, 0.2) is 46.5 Å². The Kier molecular flexibility index (Phi) is 6.73. The Labute approximate surface area is 182 Å². The second-order valence-electron chi connectivity index (χ2n) is 6.42. The van der Waals surface area contributed by atoms with Gasteiger partial charge >= 0.3 is 5.69 Å². The van der Waals surface area contributed by atoms with Crippen LogP contribution in [0.1, 0.15) is 13.8 Å². The molecule has 30 heavy (non-hydrogen) atoms. The van der Waals surface area contributed by atoms with Crippen LogP contribution in [0.4, 0.5) is 10.8 Å². The summed E-state index contributed by atoms with van der Waals surface area (Å²) >= 11 is 7.31. The number of halogens is 1. The van der Waals surface area contributed by atoms with Gasteiger partial charge in [-0.15, -0.1) is 6.58 Å². The summed E-state index contributed by atoms with van der Waals surface area (Å²) in [5, 5.41) is 3.71. The number of allylic oxidation sites excluding steroid dienone is 1. The van der Waals surface area contributed by atoms with Gasteiger partial charge in [0, 0.05) is 19.6 Å². The van der Waals surface area contributed by atoms with Crippen LogP contribution in [0.2, 0.25) is 5.02 Å². The number of thiazole rings is 1. The molecular weight excluding hydrogens is 426 g/mol. The van der Waals surface area contributed by atoms with E-state index in [-0.39, 0.29) is 18.7 Å². The third-order valence-electron chi connectivity index (χ3n) is 4.55. The molecule has 158 valence electrons. The zero-order valence-corrected chi connectivity index (χ0v) is 18.3. The summed E-state index contributed by atoms with van der Waals surface area (Å²) < 4.78 is 2.60. The van der Waals surface area contributed by atoms with Crippen molar-refractivity contribution in [2.24, 2.45) is 0 Å². The summed E-state index contributed by atoms with van der Waals surface area (Å²) in [5.74, 6) is -0.451. The predicted molar refractivity (Wildman–Crippen MR) is 122 cm³/mol. The van der Waals surface area contributed by atoms with Gasteiger partial charge in [0.15, 0.2) is 10.8 Å². The lowest BCUT2D eigenvalue weighted by Crippen LogP contribution is -2.41. The number of rotatable bonds is 8. The molecule has 0 saturated carbocycles. The molecule has 3 rings (SSSR count). The molecule has 8 nitrogen and oxygen atoms in total. The summed E-state index contributed by atoms with van der Waals surface area (Å²) in [6.07, 6.45) is 1.47. The number of benzene rings is 1. The molecule has 0 fully saturated rings. The fraction of sp³-hybridized carbons (Fsp3) is 0.300. The number of para-hydroxylation sites is 1. The lowest BCUT2D eigenvalue weighted by atomic mass is 10.3. The fourth-order valence-corrected chi connectivity index (χ4v) is 4.36. The number of aromatic nitrogens is 3. The molecule has 1 N–H and O–H groups in total. The number of hydrogen-bond donors (Lipinski definition) is 1. The van der Waals surface area contributed by atoms with Gasteiger partial charge in [0.05, 0.1) is 10.7 Å². The normalized spacial score (nSPS) is 10.9. The maximum absolute atomic E-state index is 13.0. The van der Waals surface area contributed by atoms with Crippen LogP contribution in [0, 0.1) is 0 Å². The number of hydrogen-bond acceptors (Lipinski definition) is 6. The molecular formula is C20H22ClN5O3S. The van der Waals surface area contributed by atoms with Gasteiger partial charge in [-0.1, -0.05) is 41.1 Å². The maximum Gasteiger partial charge on any atom is 0.333 e. The van der Waals surface area contributed by atoms with Crippen molar-refractivity contribution in [1.29, 1.82) is 0 Å². The molecule has 2 aromatic heterocycles. The number of anilines is 2. The standard InChI is InChI=1S/C20H22ClN5O3S/c1-4-11-25-18(28)16-17(23-19(30-16)24(5-2)6-3)26(20(25)29)12-15(27)22-14-10-8-7-9-13(14)21/h4,7-10H,1,5-6,11-12H2,2-3H3,(H,22,27). The van der Waals surface area contributed by atoms with E-state index in [4.69, 9.17) is 11.6 Å². The average molecular weight is 448 g/mol. The lowest BCUT2D eigenvalue weighted by molar-refractivity contribution is -0.116. The zero-order chi connectivity index (χ0) is 21.8. The SMILES string of the molecule is C=CCn1c(=O)c2sc(N(CC)CC)nc2n(CC(=O)Nc2ccccc2Cl)c1=O. The molecule has 10 heteroatoms. The molecule has 0 aliphatic carbocycles. The molecule has 0 saturated heterocycles. The van der Waals surface area contributed by atoms with Gasteiger partial charge in [-0.3, -0.25) is 18.7 Å². The molecule has 0 aliphatic rings. The Morgan fingerprint density at radius 3 is 2.60 bits per heavy atom. The van der Waals surface area contributed by atoms with Crippen LogP contribution in [0.5, 0.6) is 0 Å². The second-order valence-corrected chi connectivity index (χ2v) is 7.81. The Bertz CT molecular complexity index is 1210. The first-order chi connectivity index (χ1) is 14.4. The molecule has 0 aliphatic heterocycles. The fourth-order valence-electron chi connectivity index (χ4n) is 3.03. The highest BCUT2D eigenvalue weighted by atomic mass is 35.5. The highest BCUT2D eigenvalue weighted by Crippen LogP contribution is 2.26. The Balaban J connectivity index is 2.10. The summed E-state index contributed by atoms with van der Waals surface area (Å²) in [6, 6.07) is 6.81. The number of carbonyl (C=O) groups excluding carboxylic acids is 1. The van der Waals surface area contributed by atoms with Gasteiger partial charge in [0.25, 0.3) is 5.56 Å². The van der Waals surface area contributed by atoms with Crippen molar-refractivity contribution >= 4 is 50.0 Å². The van der Waals surface area contributed by atoms with Crippen molar-refractivity contribution in [1.82, 2.24) is 14.1 Å². The minimum Gasteiger partial charge on any atom is -0.349 e. The van der Waals surface area contributed by atoms with E-state index in [1.165, 1.54) is 22.0 Å². The number of carbonyl (C=O) groups is 1. The largest absolute Gasteiger partial charge is 0.349 e. The average Bonchev–Trinajstić information content (AvgIpc) is 3.16. The quantitative estimate of drug-likeness (QED) is 0.536. The van der Waals surface area contributed by atoms with Gasteiger partial charge in [-0.05, 0) is 26.0 Å². The second kappa shape index (κ2) is 9.27. The van der Waals surface area contributed by atoms with Crippen molar-refractivity contribution in [3.8, 4) is 0 Å². The number of amides is 1. The topological polar surface area (TPSA) is 89.2 Å². The van der Waals surface area contributed by atoms with Crippen LogP contribution in [-0.4, -0.2) is 33.1 Å². The van der Waals surface area contributed by atoms with Gasteiger partial charge in [0.1, 0.15) is 11.2 Å². The molecule has 0 atom stereocenters. The van der Waals surface area contributed by atoms with Crippen molar-refractivity contribution in [3.05, 3.63) is 62.8 Å². The number of fused-ring (bicyclic) bond motifs is 1. The summed E-state index contributed by atoms with van der Waals surface area (Å²) in [6.45, 7) is 8.72. The minimum absolute atomic E-state index is 0.0399. The van der Waals surface area contributed by atoms with E-state index in [0.717, 1.165) is 4.57 Å². The maximum atomic E-state index is 13.0. The predicted octanol–water partition coefficient (Wildman–Crippen LogP) is 2.94. The summed E-state index contributed by atoms with van der Waals surface area (Å²) in [4.78, 5) is 45.0. The first-order valence-electron chi connectivity index (χ1n) is 9.45. The number of nitrogens with one attached hydrogen (secondary N) is 1. The minimum atomic E-state index is -0.613. The first-order valence-corrected chi connectivity index (χ1v) is 10.6. The summed E-state index contributed by atoms with van der Waals surface area (Å²) in [7, 11) is 0. The van der Waals surface area contributed by atoms with E-state index in [0.29, 0.717) is 33.6 Å². The van der Waals surface area contributed by atoms with Crippen LogP contribution < -0.4 is 21.5 Å². The Morgan fingerprint density at radius 2 is 1.97 bits per heavy atom. The van der Waals surface area contributed by atoms with Crippen LogP contribution >= 0.6 is 22.9 Å². The molecule has 2 heterocycles. The monoisotopic (exact) mass is 447 g/mol. The molecule has 1 aromatic carbocycles. The lowest BCUT2D eigenvalue weighted by Gasteiger charge is -2.16. The highest BCUT2D eigenvalue weighted by Gasteiger charge is 2.21. The molecule has 0 radical (unpaired) electrons. The highest BCUT2D eigenvalue weighted by molar-refractivity contribution is 7.22. The van der Waals surface area contributed by atoms with E-state index in [2.05, 4.69) is 16.9 Å². The van der Waals surface area contributed by atoms with E-state index in [1.807, 2.05) is 18.7 Å². The summed E-state index contributed by atoms with van der Waals surface area (Å²) in [5.41, 5.74) is -0.409. The van der Waals surface area contributed by atoms with Crippen LogP contribution in [0.25, 0.3) is 10.3 Å². The van der Waals surface area contributed by atoms with E-state index >= 15 is 0 Å². The Hall–Kier alpha value is -2.91. The first kappa shape index (κ1) is 21.8. The molecule has 0 unspecified atom stereocenters. The molecule has 3 aromatic rings. The van der Waals surface area contributed by atoms with Gasteiger partial charge in [0.2, 0.25) is 5.91 Å². The van der Waals surface area contributed by atoms with Crippen LogP contribution in [0.3, 0.4) is 0 Å². The van der Waals surface area contributed by atoms with Crippen molar-refractivity contribution in [2.45, 2.75) is 26.9 Å². The number of nitrogens with zero attached hydrogens (tertiary/aromatic N) is 4. The van der Waals surface area contributed by atoms with Crippen molar-refractivity contribution in [3.63, 3.8) is 0 Å². The van der Waals surface area contributed by atoms with Crippen molar-refractivity contribution in [2.75, 3.05) is 23.3 Å². The van der Waals surface area contributed by atoms with E-state index < -0.39 is 17.2 Å². The van der Waals surface area contributed by atoms with Crippen LogP contribution in [-0.2, 0) is 17.9 Å².